The third kappa shape index (κ3) is 2.68. The summed E-state index contributed by atoms with van der Waals surface area (Å²) in [7, 11) is 0. The summed E-state index contributed by atoms with van der Waals surface area (Å²) in [5.41, 5.74) is 4.04. The number of fused-ring (bicyclic) bond motifs is 1. The van der Waals surface area contributed by atoms with Crippen molar-refractivity contribution in [3.05, 3.63) is 65.2 Å². The van der Waals surface area contributed by atoms with Crippen LogP contribution in [0, 0.1) is 0 Å². The van der Waals surface area contributed by atoms with Crippen LogP contribution in [0.25, 0.3) is 0 Å². The summed E-state index contributed by atoms with van der Waals surface area (Å²) in [6, 6.07) is 16.0. The average molecular weight is 300 g/mol. The Bertz CT molecular complexity index is 651. The minimum Gasteiger partial charge on any atom is -0.305 e. The Balaban J connectivity index is 1.96. The van der Waals surface area contributed by atoms with Crippen LogP contribution in [0.2, 0.25) is 0 Å². The molecule has 2 aromatic carbocycles. The van der Waals surface area contributed by atoms with Crippen LogP contribution in [0.1, 0.15) is 34.8 Å². The molecule has 0 bridgehead atoms. The molecule has 0 spiro atoms. The van der Waals surface area contributed by atoms with E-state index in [4.69, 9.17) is 11.6 Å². The van der Waals surface area contributed by atoms with E-state index < -0.39 is 0 Å². The Morgan fingerprint density at radius 1 is 1.19 bits per heavy atom. The zero-order chi connectivity index (χ0) is 14.8. The van der Waals surface area contributed by atoms with Gasteiger partial charge in [0.1, 0.15) is 0 Å². The van der Waals surface area contributed by atoms with Gasteiger partial charge in [0.25, 0.3) is 5.91 Å². The summed E-state index contributed by atoms with van der Waals surface area (Å²) in [5.74, 6) is 0.535. The lowest BCUT2D eigenvalue weighted by molar-refractivity contribution is 0.0975. The van der Waals surface area contributed by atoms with Crippen molar-refractivity contribution in [3.8, 4) is 0 Å². The first-order valence-corrected chi connectivity index (χ1v) is 7.80. The molecule has 0 saturated heterocycles. The number of aryl methyl sites for hydroxylation is 1. The summed E-state index contributed by atoms with van der Waals surface area (Å²) >= 11 is 5.80. The van der Waals surface area contributed by atoms with Gasteiger partial charge in [0.15, 0.2) is 0 Å². The zero-order valence-corrected chi connectivity index (χ0v) is 12.8. The first-order chi connectivity index (χ1) is 10.2. The molecule has 0 N–H and O–H groups in total. The smallest absolute Gasteiger partial charge is 0.258 e. The molecule has 3 rings (SSSR count). The van der Waals surface area contributed by atoms with Crippen molar-refractivity contribution in [2.45, 2.75) is 31.7 Å². The minimum atomic E-state index is 0.0655. The van der Waals surface area contributed by atoms with E-state index in [1.807, 2.05) is 47.4 Å². The van der Waals surface area contributed by atoms with Gasteiger partial charge in [-0.3, -0.25) is 4.79 Å². The maximum absolute atomic E-state index is 12.9. The predicted molar refractivity (Wildman–Crippen MR) is 87.0 cm³/mol. The molecular formula is C18H18ClNO. The molecule has 2 aromatic rings. The van der Waals surface area contributed by atoms with Crippen LogP contribution in [-0.4, -0.2) is 11.9 Å². The first-order valence-electron chi connectivity index (χ1n) is 7.27. The fourth-order valence-corrected chi connectivity index (χ4v) is 3.05. The van der Waals surface area contributed by atoms with Crippen molar-refractivity contribution in [3.63, 3.8) is 0 Å². The van der Waals surface area contributed by atoms with Gasteiger partial charge in [-0.2, -0.15) is 0 Å². The van der Waals surface area contributed by atoms with Crippen molar-refractivity contribution in [2.24, 2.45) is 0 Å². The van der Waals surface area contributed by atoms with Gasteiger partial charge >= 0.3 is 0 Å². The van der Waals surface area contributed by atoms with Crippen molar-refractivity contribution in [1.82, 2.24) is 0 Å². The Hall–Kier alpha value is -1.80. The fraction of sp³-hybridized carbons (Fsp3) is 0.278. The number of carbonyl (C=O) groups is 1. The monoisotopic (exact) mass is 299 g/mol. The molecule has 0 aromatic heterocycles. The van der Waals surface area contributed by atoms with Gasteiger partial charge in [-0.1, -0.05) is 30.3 Å². The fourth-order valence-electron chi connectivity index (χ4n) is 2.87. The third-order valence-corrected chi connectivity index (χ3v) is 4.41. The van der Waals surface area contributed by atoms with E-state index in [1.165, 1.54) is 5.56 Å². The van der Waals surface area contributed by atoms with Crippen LogP contribution in [0.15, 0.2) is 48.5 Å². The second kappa shape index (κ2) is 5.90. The van der Waals surface area contributed by atoms with Crippen LogP contribution in [0.4, 0.5) is 5.69 Å². The summed E-state index contributed by atoms with van der Waals surface area (Å²) in [5, 5.41) is 0. The van der Waals surface area contributed by atoms with E-state index >= 15 is 0 Å². The summed E-state index contributed by atoms with van der Waals surface area (Å²) < 4.78 is 0. The Labute approximate surface area is 130 Å². The molecule has 1 unspecified atom stereocenters. The highest BCUT2D eigenvalue weighted by Gasteiger charge is 2.28. The SMILES string of the molecule is CC1CCc2ccccc2N1C(=O)c1ccc(CCl)cc1. The second-order valence-corrected chi connectivity index (χ2v) is 5.79. The maximum Gasteiger partial charge on any atom is 0.258 e. The molecule has 1 atom stereocenters. The number of anilines is 1. The molecule has 0 fully saturated rings. The van der Waals surface area contributed by atoms with Crippen LogP contribution in [0.5, 0.6) is 0 Å². The van der Waals surface area contributed by atoms with Gasteiger partial charge in [-0.15, -0.1) is 11.6 Å². The number of carbonyl (C=O) groups excluding carboxylic acids is 1. The van der Waals surface area contributed by atoms with E-state index in [0.29, 0.717) is 11.4 Å². The zero-order valence-electron chi connectivity index (χ0n) is 12.1. The number of alkyl halides is 1. The van der Waals surface area contributed by atoms with Gasteiger partial charge in [-0.25, -0.2) is 0 Å². The second-order valence-electron chi connectivity index (χ2n) is 5.52. The van der Waals surface area contributed by atoms with Crippen molar-refractivity contribution in [1.29, 1.82) is 0 Å². The molecule has 1 heterocycles. The number of halogens is 1. The quantitative estimate of drug-likeness (QED) is 0.752. The lowest BCUT2D eigenvalue weighted by Crippen LogP contribution is -2.42. The highest BCUT2D eigenvalue weighted by Crippen LogP contribution is 2.31. The first kappa shape index (κ1) is 14.2. The summed E-state index contributed by atoms with van der Waals surface area (Å²) in [6.07, 6.45) is 2.04. The largest absolute Gasteiger partial charge is 0.305 e. The number of hydrogen-bond acceptors (Lipinski definition) is 1. The van der Waals surface area contributed by atoms with E-state index in [2.05, 4.69) is 13.0 Å². The van der Waals surface area contributed by atoms with Gasteiger partial charge < -0.3 is 4.90 Å². The topological polar surface area (TPSA) is 20.3 Å². The molecule has 21 heavy (non-hydrogen) atoms. The number of nitrogens with zero attached hydrogens (tertiary/aromatic N) is 1. The van der Waals surface area contributed by atoms with E-state index in [-0.39, 0.29) is 11.9 Å². The molecule has 0 aliphatic carbocycles. The maximum atomic E-state index is 12.9. The van der Waals surface area contributed by atoms with E-state index in [9.17, 15) is 4.79 Å². The molecule has 108 valence electrons. The third-order valence-electron chi connectivity index (χ3n) is 4.10. The minimum absolute atomic E-state index is 0.0655. The van der Waals surface area contributed by atoms with Crippen molar-refractivity contribution < 1.29 is 4.79 Å². The molecule has 1 aliphatic heterocycles. The molecular weight excluding hydrogens is 282 g/mol. The van der Waals surface area contributed by atoms with Gasteiger partial charge in [0.2, 0.25) is 0 Å². The highest BCUT2D eigenvalue weighted by molar-refractivity contribution is 6.17. The molecule has 2 nitrogen and oxygen atoms in total. The Kier molecular flexibility index (Phi) is 3.98. The number of benzene rings is 2. The van der Waals surface area contributed by atoms with Gasteiger partial charge in [-0.05, 0) is 49.1 Å². The number of amides is 1. The molecule has 1 aliphatic rings. The van der Waals surface area contributed by atoms with Crippen LogP contribution in [-0.2, 0) is 12.3 Å². The number of rotatable bonds is 2. The lowest BCUT2D eigenvalue weighted by Gasteiger charge is -2.35. The van der Waals surface area contributed by atoms with E-state index in [0.717, 1.165) is 24.1 Å². The Morgan fingerprint density at radius 2 is 1.90 bits per heavy atom. The van der Waals surface area contributed by atoms with E-state index in [1.54, 1.807) is 0 Å². The number of hydrogen-bond donors (Lipinski definition) is 0. The van der Waals surface area contributed by atoms with Crippen LogP contribution >= 0.6 is 11.6 Å². The average Bonchev–Trinajstić information content (AvgIpc) is 2.54. The van der Waals surface area contributed by atoms with Gasteiger partial charge in [0.05, 0.1) is 0 Å². The van der Waals surface area contributed by atoms with Crippen LogP contribution < -0.4 is 4.90 Å². The molecule has 0 radical (unpaired) electrons. The molecule has 1 amide bonds. The standard InChI is InChI=1S/C18H18ClNO/c1-13-6-9-15-4-2-3-5-17(15)20(13)18(21)16-10-7-14(12-19)8-11-16/h2-5,7-8,10-11,13H,6,9,12H2,1H3. The Morgan fingerprint density at radius 3 is 2.62 bits per heavy atom. The molecule has 0 saturated carbocycles. The van der Waals surface area contributed by atoms with Crippen LogP contribution in [0.3, 0.4) is 0 Å². The summed E-state index contributed by atoms with van der Waals surface area (Å²) in [4.78, 5) is 14.8. The number of para-hydroxylation sites is 1. The van der Waals surface area contributed by atoms with Gasteiger partial charge in [0, 0.05) is 23.2 Å². The molecule has 3 heteroatoms. The van der Waals surface area contributed by atoms with Crippen molar-refractivity contribution in [2.75, 3.05) is 4.90 Å². The lowest BCUT2D eigenvalue weighted by atomic mass is 9.95. The summed E-state index contributed by atoms with van der Waals surface area (Å²) in [6.45, 7) is 2.11. The predicted octanol–water partition coefficient (Wildman–Crippen LogP) is 4.41. The highest BCUT2D eigenvalue weighted by atomic mass is 35.5. The normalized spacial score (nSPS) is 17.4. The van der Waals surface area contributed by atoms with Crippen molar-refractivity contribution >= 4 is 23.2 Å².